The van der Waals surface area contributed by atoms with E-state index in [4.69, 9.17) is 17.3 Å². The maximum Gasteiger partial charge on any atom is 0.143 e. The number of hydrogen-bond donors (Lipinski definition) is 2. The molecule has 2 atom stereocenters. The lowest BCUT2D eigenvalue weighted by Gasteiger charge is -2.10. The number of nitrogens with one attached hydrogen (secondary N) is 1. The van der Waals surface area contributed by atoms with Crippen molar-refractivity contribution in [2.24, 2.45) is 0 Å². The Balaban J connectivity index is 1.73. The molecule has 0 heterocycles. The van der Waals surface area contributed by atoms with E-state index in [-0.39, 0.29) is 5.02 Å². The maximum absolute atomic E-state index is 13.4. The largest absolute Gasteiger partial charge is 0.397 e. The predicted octanol–water partition coefficient (Wildman–Crippen LogP) is 4.03. The number of benzene rings is 2. The van der Waals surface area contributed by atoms with E-state index in [1.54, 1.807) is 0 Å². The van der Waals surface area contributed by atoms with Crippen LogP contribution in [0.2, 0.25) is 5.02 Å². The van der Waals surface area contributed by atoms with Crippen LogP contribution in [0.3, 0.4) is 0 Å². The molecule has 2 nitrogen and oxygen atoms in total. The fourth-order valence-corrected chi connectivity index (χ4v) is 2.48. The predicted molar refractivity (Wildman–Crippen MR) is 77.0 cm³/mol. The second-order valence-electron chi connectivity index (χ2n) is 4.86. The van der Waals surface area contributed by atoms with E-state index in [0.29, 0.717) is 23.3 Å². The Hall–Kier alpha value is -1.74. The highest BCUT2D eigenvalue weighted by atomic mass is 35.5. The Kier molecular flexibility index (Phi) is 3.07. The number of nitrogens with two attached hydrogens (primary N) is 1. The average Bonchev–Trinajstić information content (AvgIpc) is 3.16. The van der Waals surface area contributed by atoms with Crippen LogP contribution in [0, 0.1) is 5.82 Å². The molecule has 1 saturated carbocycles. The van der Waals surface area contributed by atoms with Crippen LogP contribution in [0.25, 0.3) is 0 Å². The van der Waals surface area contributed by atoms with E-state index < -0.39 is 5.82 Å². The normalized spacial score (nSPS) is 21.2. The van der Waals surface area contributed by atoms with Crippen LogP contribution in [0.15, 0.2) is 42.5 Å². The third-order valence-corrected chi connectivity index (χ3v) is 3.74. The number of hydrogen-bond acceptors (Lipinski definition) is 2. The van der Waals surface area contributed by atoms with Gasteiger partial charge in [-0.25, -0.2) is 4.39 Å². The third kappa shape index (κ3) is 2.51. The molecule has 4 heteroatoms. The van der Waals surface area contributed by atoms with Crippen molar-refractivity contribution in [3.8, 4) is 0 Å². The molecule has 0 radical (unpaired) electrons. The maximum atomic E-state index is 13.4. The van der Waals surface area contributed by atoms with Crippen LogP contribution in [0.4, 0.5) is 15.8 Å². The molecular weight excluding hydrogens is 263 g/mol. The van der Waals surface area contributed by atoms with E-state index >= 15 is 0 Å². The molecule has 0 amide bonds. The molecule has 2 aromatic carbocycles. The first-order valence-electron chi connectivity index (χ1n) is 6.21. The van der Waals surface area contributed by atoms with Crippen LogP contribution in [-0.2, 0) is 0 Å². The minimum absolute atomic E-state index is 0.0541. The zero-order valence-corrected chi connectivity index (χ0v) is 11.0. The van der Waals surface area contributed by atoms with Crippen molar-refractivity contribution in [1.29, 1.82) is 0 Å². The van der Waals surface area contributed by atoms with Gasteiger partial charge in [0.25, 0.3) is 0 Å². The van der Waals surface area contributed by atoms with Crippen molar-refractivity contribution in [1.82, 2.24) is 0 Å². The van der Waals surface area contributed by atoms with Gasteiger partial charge in [0.2, 0.25) is 0 Å². The summed E-state index contributed by atoms with van der Waals surface area (Å²) in [7, 11) is 0. The van der Waals surface area contributed by atoms with Crippen LogP contribution in [-0.4, -0.2) is 6.04 Å². The highest BCUT2D eigenvalue weighted by Gasteiger charge is 2.38. The monoisotopic (exact) mass is 276 g/mol. The second-order valence-corrected chi connectivity index (χ2v) is 5.26. The van der Waals surface area contributed by atoms with E-state index in [1.165, 1.54) is 17.7 Å². The van der Waals surface area contributed by atoms with Gasteiger partial charge < -0.3 is 11.1 Å². The molecule has 0 aliphatic heterocycles. The lowest BCUT2D eigenvalue weighted by atomic mass is 10.1. The van der Waals surface area contributed by atoms with Crippen LogP contribution in [0.5, 0.6) is 0 Å². The Morgan fingerprint density at radius 3 is 2.68 bits per heavy atom. The van der Waals surface area contributed by atoms with Gasteiger partial charge in [0.15, 0.2) is 0 Å². The highest BCUT2D eigenvalue weighted by Crippen LogP contribution is 2.43. The van der Waals surface area contributed by atoms with E-state index in [1.807, 2.05) is 18.2 Å². The van der Waals surface area contributed by atoms with E-state index in [9.17, 15) is 4.39 Å². The molecule has 3 N–H and O–H groups in total. The smallest absolute Gasteiger partial charge is 0.143 e. The number of anilines is 2. The van der Waals surface area contributed by atoms with Crippen LogP contribution in [0.1, 0.15) is 17.9 Å². The van der Waals surface area contributed by atoms with Crippen molar-refractivity contribution in [2.75, 3.05) is 11.1 Å². The molecule has 0 spiro atoms. The van der Waals surface area contributed by atoms with Gasteiger partial charge in [0.1, 0.15) is 5.82 Å². The summed E-state index contributed by atoms with van der Waals surface area (Å²) in [6.45, 7) is 0. The fraction of sp³-hybridized carbons (Fsp3) is 0.200. The summed E-state index contributed by atoms with van der Waals surface area (Å²) in [6.07, 6.45) is 1.04. The van der Waals surface area contributed by atoms with Gasteiger partial charge in [0.05, 0.1) is 16.4 Å². The van der Waals surface area contributed by atoms with Crippen LogP contribution >= 0.6 is 11.6 Å². The first-order chi connectivity index (χ1) is 9.15. The highest BCUT2D eigenvalue weighted by molar-refractivity contribution is 6.31. The summed E-state index contributed by atoms with van der Waals surface area (Å²) in [6, 6.07) is 13.4. The molecule has 0 bridgehead atoms. The lowest BCUT2D eigenvalue weighted by molar-refractivity contribution is 0.629. The fourth-order valence-electron chi connectivity index (χ4n) is 2.31. The Morgan fingerprint density at radius 1 is 1.21 bits per heavy atom. The van der Waals surface area contributed by atoms with Gasteiger partial charge >= 0.3 is 0 Å². The van der Waals surface area contributed by atoms with Crippen LogP contribution < -0.4 is 11.1 Å². The van der Waals surface area contributed by atoms with Crippen molar-refractivity contribution >= 4 is 23.0 Å². The van der Waals surface area contributed by atoms with Gasteiger partial charge in [-0.15, -0.1) is 0 Å². The molecule has 1 aliphatic carbocycles. The van der Waals surface area contributed by atoms with Crippen molar-refractivity contribution < 1.29 is 4.39 Å². The van der Waals surface area contributed by atoms with E-state index in [0.717, 1.165) is 6.42 Å². The topological polar surface area (TPSA) is 38.0 Å². The molecule has 0 aromatic heterocycles. The summed E-state index contributed by atoms with van der Waals surface area (Å²) < 4.78 is 13.4. The van der Waals surface area contributed by atoms with Gasteiger partial charge in [-0.3, -0.25) is 0 Å². The summed E-state index contributed by atoms with van der Waals surface area (Å²) >= 11 is 5.68. The second kappa shape index (κ2) is 4.74. The quantitative estimate of drug-likeness (QED) is 0.831. The SMILES string of the molecule is Nc1cc(Cl)c(F)cc1NC1CC1c1ccccc1. The Bertz CT molecular complexity index is 601. The van der Waals surface area contributed by atoms with Crippen molar-refractivity contribution in [3.05, 3.63) is 58.9 Å². The molecule has 2 unspecified atom stereocenters. The molecule has 2 aromatic rings. The van der Waals surface area contributed by atoms with E-state index in [2.05, 4.69) is 17.4 Å². The first kappa shape index (κ1) is 12.3. The lowest BCUT2D eigenvalue weighted by Crippen LogP contribution is -2.07. The molecule has 98 valence electrons. The summed E-state index contributed by atoms with van der Waals surface area (Å²) in [5.41, 5.74) is 8.23. The summed E-state index contributed by atoms with van der Waals surface area (Å²) in [5.74, 6) is 0.0228. The number of nitrogen functional groups attached to an aromatic ring is 1. The minimum atomic E-state index is -0.449. The minimum Gasteiger partial charge on any atom is -0.397 e. The average molecular weight is 277 g/mol. The molecule has 1 aliphatic rings. The molecule has 1 fully saturated rings. The zero-order chi connectivity index (χ0) is 13.4. The number of rotatable bonds is 3. The number of halogens is 2. The van der Waals surface area contributed by atoms with Gasteiger partial charge in [-0.05, 0) is 18.1 Å². The molecular formula is C15H14ClFN2. The zero-order valence-electron chi connectivity index (χ0n) is 10.2. The summed E-state index contributed by atoms with van der Waals surface area (Å²) in [4.78, 5) is 0. The van der Waals surface area contributed by atoms with Gasteiger partial charge in [0, 0.05) is 18.0 Å². The summed E-state index contributed by atoms with van der Waals surface area (Å²) in [5, 5.41) is 3.33. The molecule has 19 heavy (non-hydrogen) atoms. The van der Waals surface area contributed by atoms with Gasteiger partial charge in [-0.1, -0.05) is 41.9 Å². The molecule has 3 rings (SSSR count). The van der Waals surface area contributed by atoms with Crippen molar-refractivity contribution in [3.63, 3.8) is 0 Å². The Labute approximate surface area is 116 Å². The third-order valence-electron chi connectivity index (χ3n) is 3.45. The standard InChI is InChI=1S/C15H14ClFN2/c16-11-7-13(18)15(8-12(11)17)19-14-6-10(14)9-4-2-1-3-5-9/h1-5,7-8,10,14,19H,6,18H2. The molecule has 0 saturated heterocycles. The first-order valence-corrected chi connectivity index (χ1v) is 6.59. The Morgan fingerprint density at radius 2 is 1.95 bits per heavy atom. The van der Waals surface area contributed by atoms with Crippen molar-refractivity contribution in [2.45, 2.75) is 18.4 Å². The van der Waals surface area contributed by atoms with Gasteiger partial charge in [-0.2, -0.15) is 0 Å².